The lowest BCUT2D eigenvalue weighted by Crippen LogP contribution is -2.19. The van der Waals surface area contributed by atoms with Gasteiger partial charge in [-0.3, -0.25) is 0 Å². The van der Waals surface area contributed by atoms with Crippen LogP contribution in [0.5, 0.6) is 0 Å². The summed E-state index contributed by atoms with van der Waals surface area (Å²) in [5.74, 6) is 0.543. The van der Waals surface area contributed by atoms with Gasteiger partial charge < -0.3 is 15.1 Å². The highest BCUT2D eigenvalue weighted by molar-refractivity contribution is 6.30. The SMILES string of the molecule is O=C(Nc1ccc(-c2nc3ccccc3o2)cc1)Nc1cccc(Cl)c1. The number of oxazole rings is 1. The van der Waals surface area contributed by atoms with E-state index in [-0.39, 0.29) is 6.03 Å². The van der Waals surface area contributed by atoms with E-state index in [1.165, 1.54) is 0 Å². The van der Waals surface area contributed by atoms with Crippen molar-refractivity contribution in [1.29, 1.82) is 0 Å². The van der Waals surface area contributed by atoms with E-state index in [2.05, 4.69) is 15.6 Å². The quantitative estimate of drug-likeness (QED) is 0.484. The molecule has 0 aliphatic heterocycles. The molecule has 1 heterocycles. The van der Waals surface area contributed by atoms with Gasteiger partial charge in [0.1, 0.15) is 5.52 Å². The molecule has 2 N–H and O–H groups in total. The highest BCUT2D eigenvalue weighted by Crippen LogP contribution is 2.25. The van der Waals surface area contributed by atoms with E-state index in [9.17, 15) is 4.79 Å². The Bertz CT molecular complexity index is 1040. The molecule has 0 saturated carbocycles. The number of nitrogens with one attached hydrogen (secondary N) is 2. The van der Waals surface area contributed by atoms with Gasteiger partial charge in [-0.25, -0.2) is 9.78 Å². The number of benzene rings is 3. The van der Waals surface area contributed by atoms with Gasteiger partial charge in [-0.2, -0.15) is 0 Å². The van der Waals surface area contributed by atoms with Crippen molar-refractivity contribution >= 4 is 40.1 Å². The Morgan fingerprint density at radius 3 is 2.42 bits per heavy atom. The van der Waals surface area contributed by atoms with E-state index in [1.807, 2.05) is 36.4 Å². The smallest absolute Gasteiger partial charge is 0.323 e. The highest BCUT2D eigenvalue weighted by atomic mass is 35.5. The minimum absolute atomic E-state index is 0.345. The first-order valence-corrected chi connectivity index (χ1v) is 8.35. The maximum Gasteiger partial charge on any atom is 0.323 e. The van der Waals surface area contributed by atoms with Crippen LogP contribution in [-0.2, 0) is 0 Å². The lowest BCUT2D eigenvalue weighted by Gasteiger charge is -2.08. The van der Waals surface area contributed by atoms with Gasteiger partial charge in [-0.05, 0) is 54.6 Å². The van der Waals surface area contributed by atoms with Gasteiger partial charge in [0.05, 0.1) is 0 Å². The number of fused-ring (bicyclic) bond motifs is 1. The summed E-state index contributed by atoms with van der Waals surface area (Å²) in [5.41, 5.74) is 3.67. The molecule has 3 aromatic carbocycles. The number of aromatic nitrogens is 1. The number of nitrogens with zero attached hydrogens (tertiary/aromatic N) is 1. The van der Waals surface area contributed by atoms with E-state index in [4.69, 9.17) is 16.0 Å². The zero-order valence-corrected chi connectivity index (χ0v) is 14.3. The van der Waals surface area contributed by atoms with E-state index < -0.39 is 0 Å². The van der Waals surface area contributed by atoms with Crippen molar-refractivity contribution in [2.75, 3.05) is 10.6 Å². The fraction of sp³-hybridized carbons (Fsp3) is 0. The van der Waals surface area contributed by atoms with Crippen LogP contribution in [0.15, 0.2) is 77.2 Å². The highest BCUT2D eigenvalue weighted by Gasteiger charge is 2.08. The van der Waals surface area contributed by atoms with Crippen LogP contribution in [0.1, 0.15) is 0 Å². The molecular weight excluding hydrogens is 350 g/mol. The summed E-state index contributed by atoms with van der Waals surface area (Å²) in [5, 5.41) is 6.06. The van der Waals surface area contributed by atoms with Gasteiger partial charge in [-0.1, -0.05) is 29.8 Å². The fourth-order valence-electron chi connectivity index (χ4n) is 2.55. The Morgan fingerprint density at radius 2 is 1.65 bits per heavy atom. The van der Waals surface area contributed by atoms with Crippen molar-refractivity contribution in [1.82, 2.24) is 4.98 Å². The molecule has 0 fully saturated rings. The molecule has 0 aliphatic carbocycles. The summed E-state index contributed by atoms with van der Waals surface area (Å²) in [7, 11) is 0. The molecule has 1 aromatic heterocycles. The Hall–Kier alpha value is -3.31. The maximum atomic E-state index is 12.1. The van der Waals surface area contributed by atoms with E-state index in [0.29, 0.717) is 22.3 Å². The summed E-state index contributed by atoms with van der Waals surface area (Å²) < 4.78 is 5.74. The van der Waals surface area contributed by atoms with Crippen molar-refractivity contribution < 1.29 is 9.21 Å². The molecule has 4 aromatic rings. The Morgan fingerprint density at radius 1 is 0.885 bits per heavy atom. The number of hydrogen-bond acceptors (Lipinski definition) is 3. The predicted octanol–water partition coefficient (Wildman–Crippen LogP) is 5.79. The minimum Gasteiger partial charge on any atom is -0.436 e. The van der Waals surface area contributed by atoms with Crippen LogP contribution in [-0.4, -0.2) is 11.0 Å². The number of halogens is 1. The zero-order chi connectivity index (χ0) is 17.9. The van der Waals surface area contributed by atoms with E-state index >= 15 is 0 Å². The fourth-order valence-corrected chi connectivity index (χ4v) is 2.74. The van der Waals surface area contributed by atoms with Gasteiger partial charge in [-0.15, -0.1) is 0 Å². The molecule has 0 spiro atoms. The Balaban J connectivity index is 1.46. The molecule has 0 atom stereocenters. The topological polar surface area (TPSA) is 67.2 Å². The van der Waals surface area contributed by atoms with Crippen LogP contribution < -0.4 is 10.6 Å². The van der Waals surface area contributed by atoms with Crippen molar-refractivity contribution in [2.45, 2.75) is 0 Å². The Kier molecular flexibility index (Phi) is 4.29. The first kappa shape index (κ1) is 16.2. The number of urea groups is 1. The van der Waals surface area contributed by atoms with Crippen LogP contribution in [0, 0.1) is 0 Å². The van der Waals surface area contributed by atoms with Crippen molar-refractivity contribution in [3.8, 4) is 11.5 Å². The Labute approximate surface area is 154 Å². The summed E-state index contributed by atoms with van der Waals surface area (Å²) in [6, 6.07) is 21.5. The number of carbonyl (C=O) groups is 1. The second kappa shape index (κ2) is 6.90. The average Bonchev–Trinajstić information content (AvgIpc) is 3.06. The first-order chi connectivity index (χ1) is 12.7. The number of para-hydroxylation sites is 2. The lowest BCUT2D eigenvalue weighted by molar-refractivity contribution is 0.262. The molecular formula is C20H14ClN3O2. The van der Waals surface area contributed by atoms with Crippen LogP contribution in [0.25, 0.3) is 22.6 Å². The van der Waals surface area contributed by atoms with Gasteiger partial charge in [0.15, 0.2) is 5.58 Å². The summed E-state index contributed by atoms with van der Waals surface area (Å²) >= 11 is 5.91. The number of amides is 2. The molecule has 0 unspecified atom stereocenters. The second-order valence-corrected chi connectivity index (χ2v) is 6.09. The molecule has 6 heteroatoms. The summed E-state index contributed by atoms with van der Waals surface area (Å²) in [4.78, 5) is 16.5. The maximum absolute atomic E-state index is 12.1. The molecule has 26 heavy (non-hydrogen) atoms. The molecule has 0 saturated heterocycles. The molecule has 0 aliphatic rings. The first-order valence-electron chi connectivity index (χ1n) is 7.97. The third-order valence-corrected chi connectivity index (χ3v) is 4.00. The summed E-state index contributed by atoms with van der Waals surface area (Å²) in [6.07, 6.45) is 0. The number of anilines is 2. The number of rotatable bonds is 3. The second-order valence-electron chi connectivity index (χ2n) is 5.65. The van der Waals surface area contributed by atoms with Crippen molar-refractivity contribution in [3.05, 3.63) is 77.8 Å². The van der Waals surface area contributed by atoms with Gasteiger partial charge in [0, 0.05) is 22.0 Å². The van der Waals surface area contributed by atoms with Gasteiger partial charge >= 0.3 is 6.03 Å². The largest absolute Gasteiger partial charge is 0.436 e. The standard InChI is InChI=1S/C20H14ClN3O2/c21-14-4-3-5-16(12-14)23-20(25)22-15-10-8-13(9-11-15)19-24-17-6-1-2-7-18(17)26-19/h1-12H,(H2,22,23,25). The summed E-state index contributed by atoms with van der Waals surface area (Å²) in [6.45, 7) is 0. The molecule has 0 radical (unpaired) electrons. The third-order valence-electron chi connectivity index (χ3n) is 3.77. The lowest BCUT2D eigenvalue weighted by atomic mass is 10.2. The molecule has 2 amide bonds. The average molecular weight is 364 g/mol. The van der Waals surface area contributed by atoms with E-state index in [1.54, 1.807) is 36.4 Å². The molecule has 4 rings (SSSR count). The van der Waals surface area contributed by atoms with E-state index in [0.717, 1.165) is 16.7 Å². The monoisotopic (exact) mass is 363 g/mol. The van der Waals surface area contributed by atoms with Crippen LogP contribution >= 0.6 is 11.6 Å². The van der Waals surface area contributed by atoms with Crippen LogP contribution in [0.2, 0.25) is 5.02 Å². The zero-order valence-electron chi connectivity index (χ0n) is 13.6. The minimum atomic E-state index is -0.345. The molecule has 0 bridgehead atoms. The van der Waals surface area contributed by atoms with Crippen molar-refractivity contribution in [3.63, 3.8) is 0 Å². The normalized spacial score (nSPS) is 10.7. The third kappa shape index (κ3) is 3.53. The van der Waals surface area contributed by atoms with Gasteiger partial charge in [0.25, 0.3) is 0 Å². The number of carbonyl (C=O) groups excluding carboxylic acids is 1. The molecule has 128 valence electrons. The van der Waals surface area contributed by atoms with Gasteiger partial charge in [0.2, 0.25) is 5.89 Å². The van der Waals surface area contributed by atoms with Crippen LogP contribution in [0.3, 0.4) is 0 Å². The number of hydrogen-bond donors (Lipinski definition) is 2. The van der Waals surface area contributed by atoms with Crippen LogP contribution in [0.4, 0.5) is 16.2 Å². The van der Waals surface area contributed by atoms with Crippen molar-refractivity contribution in [2.24, 2.45) is 0 Å². The molecule has 5 nitrogen and oxygen atoms in total. The predicted molar refractivity (Wildman–Crippen MR) is 104 cm³/mol.